The molecule has 0 bridgehead atoms. The third-order valence-electron chi connectivity index (χ3n) is 4.07. The predicted molar refractivity (Wildman–Crippen MR) is 104 cm³/mol. The van der Waals surface area contributed by atoms with Crippen LogP contribution in [0.1, 0.15) is 15.9 Å². The van der Waals surface area contributed by atoms with Crippen LogP contribution in [0.15, 0.2) is 48.0 Å². The van der Waals surface area contributed by atoms with Crippen molar-refractivity contribution in [1.29, 1.82) is 5.41 Å². The number of amides is 1. The highest BCUT2D eigenvalue weighted by atomic mass is 35.5. The molecule has 2 aromatic rings. The lowest BCUT2D eigenvalue weighted by atomic mass is 10.2. The van der Waals surface area contributed by atoms with Crippen LogP contribution in [0.3, 0.4) is 0 Å². The molecule has 28 heavy (non-hydrogen) atoms. The topological polar surface area (TPSA) is 109 Å². The Kier molecular flexibility index (Phi) is 6.43. The predicted octanol–water partition coefficient (Wildman–Crippen LogP) is 1.75. The van der Waals surface area contributed by atoms with Gasteiger partial charge in [-0.05, 0) is 43.9 Å². The minimum Gasteiger partial charge on any atom is -0.365 e. The molecule has 0 aliphatic carbocycles. The molecule has 1 aromatic heterocycles. The van der Waals surface area contributed by atoms with Gasteiger partial charge in [-0.1, -0.05) is 17.7 Å². The summed E-state index contributed by atoms with van der Waals surface area (Å²) in [5.41, 5.74) is 4.96. The van der Waals surface area contributed by atoms with Gasteiger partial charge in [-0.15, -0.1) is 6.58 Å². The van der Waals surface area contributed by atoms with E-state index in [-0.39, 0.29) is 33.1 Å². The zero-order valence-electron chi connectivity index (χ0n) is 15.3. The maximum Gasteiger partial charge on any atom is 0.252 e. The Morgan fingerprint density at radius 3 is 2.61 bits per heavy atom. The van der Waals surface area contributed by atoms with E-state index in [1.54, 1.807) is 14.1 Å². The van der Waals surface area contributed by atoms with Crippen LogP contribution in [0.25, 0.3) is 0 Å². The molecule has 0 fully saturated rings. The van der Waals surface area contributed by atoms with Crippen LogP contribution in [-0.4, -0.2) is 43.3 Å². The SMILES string of the molecule is C=CC(N(C)C)S(=O)(=O)c1ccc(F)cc1Cn1cc(Cl)cc(C(N)=O)c1=N. The number of nitrogens with two attached hydrogens (primary N) is 1. The number of benzene rings is 1. The van der Waals surface area contributed by atoms with Crippen molar-refractivity contribution in [1.82, 2.24) is 9.47 Å². The van der Waals surface area contributed by atoms with Gasteiger partial charge < -0.3 is 10.3 Å². The molecule has 1 heterocycles. The molecular weight excluding hydrogens is 407 g/mol. The maximum atomic E-state index is 13.9. The number of hydrogen-bond acceptors (Lipinski definition) is 5. The first kappa shape index (κ1) is 21.8. The van der Waals surface area contributed by atoms with Gasteiger partial charge in [0.2, 0.25) is 0 Å². The third-order valence-corrected chi connectivity index (χ3v) is 6.54. The summed E-state index contributed by atoms with van der Waals surface area (Å²) in [7, 11) is -0.759. The quantitative estimate of drug-likeness (QED) is 0.519. The standard InChI is InChI=1S/C18H20ClFN4O3S/c1-4-16(23(2)3)28(26,27)15-6-5-13(20)7-11(15)9-24-10-12(19)8-14(17(24)21)18(22)25/h4-8,10,16,21H,1,9H2,2-3H3,(H2,22,25). The minimum atomic E-state index is -3.93. The number of halogens is 2. The number of nitrogens with one attached hydrogen (secondary N) is 1. The molecule has 7 nitrogen and oxygen atoms in total. The second-order valence-corrected chi connectivity index (χ2v) is 8.75. The van der Waals surface area contributed by atoms with Crippen LogP contribution < -0.4 is 11.2 Å². The highest BCUT2D eigenvalue weighted by Gasteiger charge is 2.29. The first-order valence-corrected chi connectivity index (χ1v) is 9.97. The Morgan fingerprint density at radius 1 is 1.43 bits per heavy atom. The summed E-state index contributed by atoms with van der Waals surface area (Å²) in [6.45, 7) is 3.36. The van der Waals surface area contributed by atoms with Crippen molar-refractivity contribution in [2.24, 2.45) is 5.73 Å². The summed E-state index contributed by atoms with van der Waals surface area (Å²) in [5, 5.41) is 7.23. The second kappa shape index (κ2) is 8.26. The van der Waals surface area contributed by atoms with Crippen LogP contribution in [0.5, 0.6) is 0 Å². The van der Waals surface area contributed by atoms with E-state index >= 15 is 0 Å². The Bertz CT molecular complexity index is 1100. The summed E-state index contributed by atoms with van der Waals surface area (Å²) in [6, 6.07) is 4.53. The molecule has 3 N–H and O–H groups in total. The lowest BCUT2D eigenvalue weighted by molar-refractivity contribution is 0.0997. The number of pyridine rings is 1. The fraction of sp³-hybridized carbons (Fsp3) is 0.222. The van der Waals surface area contributed by atoms with E-state index in [0.29, 0.717) is 0 Å². The number of aromatic nitrogens is 1. The first-order chi connectivity index (χ1) is 13.0. The Morgan fingerprint density at radius 2 is 2.07 bits per heavy atom. The molecule has 1 unspecified atom stereocenters. The zero-order chi connectivity index (χ0) is 21.2. The molecule has 10 heteroatoms. The molecule has 0 saturated carbocycles. The van der Waals surface area contributed by atoms with Crippen LogP contribution in [0.2, 0.25) is 5.02 Å². The van der Waals surface area contributed by atoms with E-state index in [2.05, 4.69) is 6.58 Å². The second-order valence-electron chi connectivity index (χ2n) is 6.30. The molecule has 2 rings (SSSR count). The fourth-order valence-corrected chi connectivity index (χ4v) is 4.84. The van der Waals surface area contributed by atoms with E-state index in [0.717, 1.165) is 12.1 Å². The van der Waals surface area contributed by atoms with Gasteiger partial charge in [-0.25, -0.2) is 12.8 Å². The third kappa shape index (κ3) is 4.32. The molecule has 0 aliphatic heterocycles. The lowest BCUT2D eigenvalue weighted by Crippen LogP contribution is -2.35. The highest BCUT2D eigenvalue weighted by Crippen LogP contribution is 2.24. The average Bonchev–Trinajstić information content (AvgIpc) is 2.57. The molecule has 0 saturated heterocycles. The van der Waals surface area contributed by atoms with E-state index in [4.69, 9.17) is 22.7 Å². The molecule has 1 aromatic carbocycles. The summed E-state index contributed by atoms with van der Waals surface area (Å²) in [5.74, 6) is -1.49. The molecule has 0 aliphatic rings. The molecule has 1 atom stereocenters. The molecular formula is C18H20ClFN4O3S. The zero-order valence-corrected chi connectivity index (χ0v) is 16.9. The van der Waals surface area contributed by atoms with E-state index in [1.807, 2.05) is 0 Å². The van der Waals surface area contributed by atoms with Gasteiger partial charge in [-0.3, -0.25) is 15.1 Å². The fourth-order valence-electron chi connectivity index (χ4n) is 2.80. The van der Waals surface area contributed by atoms with Gasteiger partial charge in [0.1, 0.15) is 16.7 Å². The van der Waals surface area contributed by atoms with Crippen LogP contribution in [0.4, 0.5) is 4.39 Å². The van der Waals surface area contributed by atoms with Crippen LogP contribution in [0, 0.1) is 11.2 Å². The Balaban J connectivity index is 2.67. The van der Waals surface area contributed by atoms with E-state index in [1.165, 1.54) is 33.9 Å². The number of primary amides is 1. The number of carbonyl (C=O) groups is 1. The summed E-state index contributed by atoms with van der Waals surface area (Å²) >= 11 is 5.98. The van der Waals surface area contributed by atoms with Gasteiger partial charge in [0, 0.05) is 6.20 Å². The van der Waals surface area contributed by atoms with Crippen molar-refractivity contribution < 1.29 is 17.6 Å². The van der Waals surface area contributed by atoms with Crippen molar-refractivity contribution in [2.75, 3.05) is 14.1 Å². The number of hydrogen-bond donors (Lipinski definition) is 2. The molecule has 150 valence electrons. The number of likely N-dealkylation sites (N-methyl/N-ethyl adjacent to an activating group) is 1. The van der Waals surface area contributed by atoms with Gasteiger partial charge in [0.15, 0.2) is 9.84 Å². The normalized spacial score (nSPS) is 12.8. The van der Waals surface area contributed by atoms with Gasteiger partial charge in [-0.2, -0.15) is 0 Å². The Hall–Kier alpha value is -2.49. The van der Waals surface area contributed by atoms with Gasteiger partial charge in [0.05, 0.1) is 22.0 Å². The number of nitrogens with zero attached hydrogens (tertiary/aromatic N) is 2. The number of carbonyl (C=O) groups excluding carboxylic acids is 1. The van der Waals surface area contributed by atoms with Crippen molar-refractivity contribution in [3.63, 3.8) is 0 Å². The monoisotopic (exact) mass is 426 g/mol. The number of sulfone groups is 1. The van der Waals surface area contributed by atoms with Crippen molar-refractivity contribution in [2.45, 2.75) is 16.8 Å². The van der Waals surface area contributed by atoms with Gasteiger partial charge in [0.25, 0.3) is 5.91 Å². The molecule has 0 radical (unpaired) electrons. The summed E-state index contributed by atoms with van der Waals surface area (Å²) in [6.07, 6.45) is 2.62. The molecule has 0 spiro atoms. The summed E-state index contributed by atoms with van der Waals surface area (Å²) in [4.78, 5) is 12.9. The van der Waals surface area contributed by atoms with Crippen LogP contribution >= 0.6 is 11.6 Å². The number of rotatable bonds is 7. The van der Waals surface area contributed by atoms with Crippen molar-refractivity contribution >= 4 is 27.3 Å². The van der Waals surface area contributed by atoms with Crippen LogP contribution in [-0.2, 0) is 16.4 Å². The minimum absolute atomic E-state index is 0.102. The lowest BCUT2D eigenvalue weighted by Gasteiger charge is -2.23. The van der Waals surface area contributed by atoms with E-state index in [9.17, 15) is 17.6 Å². The summed E-state index contributed by atoms with van der Waals surface area (Å²) < 4.78 is 41.2. The van der Waals surface area contributed by atoms with Crippen molar-refractivity contribution in [3.8, 4) is 0 Å². The average molecular weight is 427 g/mol. The largest absolute Gasteiger partial charge is 0.365 e. The highest BCUT2D eigenvalue weighted by molar-refractivity contribution is 7.92. The van der Waals surface area contributed by atoms with Gasteiger partial charge >= 0.3 is 0 Å². The molecule has 1 amide bonds. The van der Waals surface area contributed by atoms with E-state index < -0.39 is 26.9 Å². The Labute approximate surface area is 167 Å². The van der Waals surface area contributed by atoms with Crippen molar-refractivity contribution in [3.05, 3.63) is 70.6 Å². The maximum absolute atomic E-state index is 13.9. The smallest absolute Gasteiger partial charge is 0.252 e. The first-order valence-electron chi connectivity index (χ1n) is 8.04.